The lowest BCUT2D eigenvalue weighted by molar-refractivity contribution is 0.173. The van der Waals surface area contributed by atoms with Crippen molar-refractivity contribution in [2.24, 2.45) is 0 Å². The minimum absolute atomic E-state index is 0.294. The van der Waals surface area contributed by atoms with Crippen LogP contribution in [-0.2, 0) is 11.3 Å². The summed E-state index contributed by atoms with van der Waals surface area (Å²) in [5.74, 6) is 1.53. The molecule has 0 aromatic heterocycles. The van der Waals surface area contributed by atoms with E-state index in [2.05, 4.69) is 4.74 Å². The molecule has 2 radical (unpaired) electrons. The molecule has 1 aromatic carbocycles. The summed E-state index contributed by atoms with van der Waals surface area (Å²) in [6.07, 6.45) is 0. The Morgan fingerprint density at radius 3 is 3.00 bits per heavy atom. The van der Waals surface area contributed by atoms with Crippen molar-refractivity contribution in [3.63, 3.8) is 0 Å². The summed E-state index contributed by atoms with van der Waals surface area (Å²) < 4.78 is 14.8. The molecule has 0 bridgehead atoms. The molecule has 0 unspecified atom stereocenters. The molecule has 0 saturated carbocycles. The SMILES string of the molecule is [CH]OCc1ccc2c(c1)OCO2. The lowest BCUT2D eigenvalue weighted by Crippen LogP contribution is -1.92. The summed E-state index contributed by atoms with van der Waals surface area (Å²) in [5, 5.41) is 0. The molecule has 1 aromatic rings. The van der Waals surface area contributed by atoms with Crippen molar-refractivity contribution < 1.29 is 14.2 Å². The highest BCUT2D eigenvalue weighted by molar-refractivity contribution is 5.44. The van der Waals surface area contributed by atoms with Crippen LogP contribution in [0.25, 0.3) is 0 Å². The van der Waals surface area contributed by atoms with E-state index in [-0.39, 0.29) is 0 Å². The number of rotatable bonds is 2. The molecule has 3 nitrogen and oxygen atoms in total. The normalized spacial score (nSPS) is 13.4. The highest BCUT2D eigenvalue weighted by Crippen LogP contribution is 2.32. The molecule has 62 valence electrons. The maximum atomic E-state index is 5.17. The predicted molar refractivity (Wildman–Crippen MR) is 41.7 cm³/mol. The van der Waals surface area contributed by atoms with Gasteiger partial charge in [-0.05, 0) is 17.7 Å². The number of hydrogen-bond donors (Lipinski definition) is 0. The third kappa shape index (κ3) is 1.23. The largest absolute Gasteiger partial charge is 0.454 e. The Morgan fingerprint density at radius 2 is 2.17 bits per heavy atom. The van der Waals surface area contributed by atoms with E-state index in [1.54, 1.807) is 0 Å². The summed E-state index contributed by atoms with van der Waals surface area (Å²) in [5.41, 5.74) is 0.974. The van der Waals surface area contributed by atoms with E-state index in [0.717, 1.165) is 17.1 Å². The third-order valence-electron chi connectivity index (χ3n) is 1.69. The van der Waals surface area contributed by atoms with E-state index >= 15 is 0 Å². The Hall–Kier alpha value is -1.22. The first kappa shape index (κ1) is 7.43. The molecule has 0 amide bonds. The van der Waals surface area contributed by atoms with Gasteiger partial charge in [0, 0.05) is 0 Å². The number of hydrogen-bond acceptors (Lipinski definition) is 3. The van der Waals surface area contributed by atoms with Crippen molar-refractivity contribution in [3.8, 4) is 11.5 Å². The second-order valence-electron chi connectivity index (χ2n) is 2.50. The van der Waals surface area contributed by atoms with Gasteiger partial charge in [-0.25, -0.2) is 0 Å². The fourth-order valence-electron chi connectivity index (χ4n) is 1.13. The van der Waals surface area contributed by atoms with Crippen LogP contribution in [0.2, 0.25) is 0 Å². The van der Waals surface area contributed by atoms with Gasteiger partial charge in [0.25, 0.3) is 0 Å². The fraction of sp³-hybridized carbons (Fsp3) is 0.222. The van der Waals surface area contributed by atoms with Crippen molar-refractivity contribution in [1.82, 2.24) is 0 Å². The summed E-state index contributed by atoms with van der Waals surface area (Å²) in [4.78, 5) is 0. The van der Waals surface area contributed by atoms with Gasteiger partial charge in [-0.3, -0.25) is 0 Å². The maximum Gasteiger partial charge on any atom is 0.231 e. The molecule has 1 aliphatic rings. The third-order valence-corrected chi connectivity index (χ3v) is 1.69. The molecule has 0 saturated heterocycles. The Kier molecular flexibility index (Phi) is 1.87. The average Bonchev–Trinajstić information content (AvgIpc) is 2.51. The van der Waals surface area contributed by atoms with Crippen LogP contribution < -0.4 is 9.47 Å². The second kappa shape index (κ2) is 3.03. The van der Waals surface area contributed by atoms with Gasteiger partial charge in [0.1, 0.15) is 7.11 Å². The Bertz CT molecular complexity index is 283. The minimum Gasteiger partial charge on any atom is -0.454 e. The van der Waals surface area contributed by atoms with Crippen LogP contribution >= 0.6 is 0 Å². The molecule has 0 atom stereocenters. The van der Waals surface area contributed by atoms with Gasteiger partial charge in [-0.2, -0.15) is 0 Å². The minimum atomic E-state index is 0.294. The molecule has 3 heteroatoms. The molecular weight excluding hydrogens is 156 g/mol. The monoisotopic (exact) mass is 164 g/mol. The predicted octanol–water partition coefficient (Wildman–Crippen LogP) is 1.60. The summed E-state index contributed by atoms with van der Waals surface area (Å²) in [7, 11) is 4.93. The van der Waals surface area contributed by atoms with Crippen molar-refractivity contribution in [2.75, 3.05) is 6.79 Å². The standard InChI is InChI=1S/C9H8O3/c1-10-5-7-2-3-8-9(4-7)12-6-11-8/h1-4H,5-6H2. The number of ether oxygens (including phenoxy) is 3. The van der Waals surface area contributed by atoms with Crippen molar-refractivity contribution in [2.45, 2.75) is 6.61 Å². The number of fused-ring (bicyclic) bond motifs is 1. The van der Waals surface area contributed by atoms with Gasteiger partial charge in [0.05, 0.1) is 6.61 Å². The van der Waals surface area contributed by atoms with Crippen LogP contribution in [0.3, 0.4) is 0 Å². The van der Waals surface area contributed by atoms with E-state index in [1.165, 1.54) is 0 Å². The zero-order chi connectivity index (χ0) is 8.39. The van der Waals surface area contributed by atoms with Gasteiger partial charge in [-0.15, -0.1) is 0 Å². The maximum absolute atomic E-state index is 5.17. The molecule has 0 fully saturated rings. The second-order valence-corrected chi connectivity index (χ2v) is 2.50. The molecule has 1 aliphatic heterocycles. The Labute approximate surface area is 70.9 Å². The van der Waals surface area contributed by atoms with Gasteiger partial charge < -0.3 is 14.2 Å². The average molecular weight is 164 g/mol. The smallest absolute Gasteiger partial charge is 0.231 e. The van der Waals surface area contributed by atoms with Crippen LogP contribution in [-0.4, -0.2) is 6.79 Å². The van der Waals surface area contributed by atoms with Crippen molar-refractivity contribution >= 4 is 0 Å². The van der Waals surface area contributed by atoms with Gasteiger partial charge in [-0.1, -0.05) is 6.07 Å². The highest BCUT2D eigenvalue weighted by Gasteiger charge is 2.12. The van der Waals surface area contributed by atoms with Crippen molar-refractivity contribution in [3.05, 3.63) is 30.9 Å². The quantitative estimate of drug-likeness (QED) is 0.664. The Balaban J connectivity index is 2.26. The van der Waals surface area contributed by atoms with E-state index < -0.39 is 0 Å². The summed E-state index contributed by atoms with van der Waals surface area (Å²) in [6, 6.07) is 5.59. The van der Waals surface area contributed by atoms with Gasteiger partial charge in [0.2, 0.25) is 6.79 Å². The van der Waals surface area contributed by atoms with Crippen LogP contribution in [0.5, 0.6) is 11.5 Å². The van der Waals surface area contributed by atoms with Gasteiger partial charge in [0.15, 0.2) is 11.5 Å². The Morgan fingerprint density at radius 1 is 1.33 bits per heavy atom. The highest BCUT2D eigenvalue weighted by atomic mass is 16.7. The summed E-state index contributed by atoms with van der Waals surface area (Å²) >= 11 is 0. The van der Waals surface area contributed by atoms with E-state index in [9.17, 15) is 0 Å². The first-order valence-corrected chi connectivity index (χ1v) is 3.60. The van der Waals surface area contributed by atoms with Crippen LogP contribution in [0.4, 0.5) is 0 Å². The van der Waals surface area contributed by atoms with Crippen LogP contribution in [0.1, 0.15) is 5.56 Å². The molecule has 0 aliphatic carbocycles. The zero-order valence-electron chi connectivity index (χ0n) is 6.45. The van der Waals surface area contributed by atoms with Crippen molar-refractivity contribution in [1.29, 1.82) is 0 Å². The topological polar surface area (TPSA) is 27.7 Å². The molecular formula is C9H8O3. The molecule has 0 spiro atoms. The summed E-state index contributed by atoms with van der Waals surface area (Å²) in [6.45, 7) is 0.679. The molecule has 1 heterocycles. The molecule has 12 heavy (non-hydrogen) atoms. The first-order chi connectivity index (χ1) is 5.90. The fourth-order valence-corrected chi connectivity index (χ4v) is 1.13. The van der Waals surface area contributed by atoms with E-state index in [1.807, 2.05) is 18.2 Å². The van der Waals surface area contributed by atoms with Gasteiger partial charge >= 0.3 is 0 Å². The van der Waals surface area contributed by atoms with E-state index in [4.69, 9.17) is 16.6 Å². The lowest BCUT2D eigenvalue weighted by atomic mass is 10.2. The van der Waals surface area contributed by atoms with Crippen LogP contribution in [0, 0.1) is 7.11 Å². The zero-order valence-corrected chi connectivity index (χ0v) is 6.45. The van der Waals surface area contributed by atoms with E-state index in [0.29, 0.717) is 13.4 Å². The first-order valence-electron chi connectivity index (χ1n) is 3.60. The number of benzene rings is 1. The lowest BCUT2D eigenvalue weighted by Gasteiger charge is -2.00. The molecule has 0 N–H and O–H groups in total. The van der Waals surface area contributed by atoms with Crippen LogP contribution in [0.15, 0.2) is 18.2 Å². The molecule has 2 rings (SSSR count).